The maximum atomic E-state index is 12.9. The minimum Gasteiger partial charge on any atom is -0.466 e. The van der Waals surface area contributed by atoms with Gasteiger partial charge in [0.15, 0.2) is 0 Å². The van der Waals surface area contributed by atoms with Crippen molar-refractivity contribution in [1.82, 2.24) is 4.90 Å². The number of benzene rings is 1. The second kappa shape index (κ2) is 10.8. The van der Waals surface area contributed by atoms with Crippen LogP contribution < -0.4 is 0 Å². The molecule has 1 aliphatic carbocycles. The molecule has 142 valence electrons. The summed E-state index contributed by atoms with van der Waals surface area (Å²) in [6, 6.07) is 8.31. The lowest BCUT2D eigenvalue weighted by Gasteiger charge is -2.30. The van der Waals surface area contributed by atoms with Crippen molar-refractivity contribution < 1.29 is 14.3 Å². The molecular weight excluding hydrogens is 326 g/mol. The molecule has 1 aromatic carbocycles. The van der Waals surface area contributed by atoms with Gasteiger partial charge in [0.1, 0.15) is 0 Å². The molecule has 0 atom stereocenters. The summed E-state index contributed by atoms with van der Waals surface area (Å²) in [5.41, 5.74) is 2.21. The van der Waals surface area contributed by atoms with E-state index in [1.807, 2.05) is 42.2 Å². The van der Waals surface area contributed by atoms with E-state index >= 15 is 0 Å². The lowest BCUT2D eigenvalue weighted by molar-refractivity contribution is -0.144. The minimum absolute atomic E-state index is 0.0122. The zero-order chi connectivity index (χ0) is 18.8. The van der Waals surface area contributed by atoms with E-state index in [0.29, 0.717) is 13.2 Å². The molecule has 0 aromatic heterocycles. The van der Waals surface area contributed by atoms with Crippen molar-refractivity contribution in [1.29, 1.82) is 0 Å². The third kappa shape index (κ3) is 6.66. The van der Waals surface area contributed by atoms with Crippen LogP contribution in [0.3, 0.4) is 0 Å². The van der Waals surface area contributed by atoms with E-state index in [-0.39, 0.29) is 24.3 Å². The van der Waals surface area contributed by atoms with Crippen LogP contribution in [-0.2, 0) is 14.3 Å². The van der Waals surface area contributed by atoms with Crippen LogP contribution in [0.1, 0.15) is 63.0 Å². The highest BCUT2D eigenvalue weighted by Gasteiger charge is 2.24. The maximum Gasteiger partial charge on any atom is 0.307 e. The standard InChI is InChI=1S/C22H31NO3/c1-3-26-22(25)16-17-23(20-8-6-4-5-7-9-20)21(24)15-14-19-12-10-18(2)11-13-19/h10-15,20H,3-9,16-17H2,1-2H3/b15-14+. The predicted octanol–water partition coefficient (Wildman–Crippen LogP) is 4.51. The average molecular weight is 357 g/mol. The molecule has 1 amide bonds. The van der Waals surface area contributed by atoms with Crippen LogP contribution in [0.25, 0.3) is 6.08 Å². The van der Waals surface area contributed by atoms with Crippen molar-refractivity contribution in [3.63, 3.8) is 0 Å². The Hall–Kier alpha value is -2.10. The van der Waals surface area contributed by atoms with Crippen LogP contribution in [0, 0.1) is 6.92 Å². The van der Waals surface area contributed by atoms with Crippen molar-refractivity contribution >= 4 is 18.0 Å². The molecule has 4 heteroatoms. The summed E-state index contributed by atoms with van der Waals surface area (Å²) in [7, 11) is 0. The highest BCUT2D eigenvalue weighted by Crippen LogP contribution is 2.23. The Balaban J connectivity index is 2.05. The van der Waals surface area contributed by atoms with Crippen molar-refractivity contribution in [2.45, 2.75) is 64.8 Å². The topological polar surface area (TPSA) is 46.6 Å². The number of carbonyl (C=O) groups is 2. The van der Waals surface area contributed by atoms with E-state index in [2.05, 4.69) is 0 Å². The third-order valence-electron chi connectivity index (χ3n) is 4.91. The fourth-order valence-corrected chi connectivity index (χ4v) is 3.43. The maximum absolute atomic E-state index is 12.9. The van der Waals surface area contributed by atoms with E-state index < -0.39 is 0 Å². The highest BCUT2D eigenvalue weighted by molar-refractivity contribution is 5.92. The molecule has 1 saturated carbocycles. The summed E-state index contributed by atoms with van der Waals surface area (Å²) < 4.78 is 5.03. The normalized spacial score (nSPS) is 15.6. The van der Waals surface area contributed by atoms with Gasteiger partial charge in [-0.25, -0.2) is 0 Å². The number of ether oxygens (including phenoxy) is 1. The Bertz CT molecular complexity index is 598. The molecule has 0 bridgehead atoms. The number of rotatable bonds is 7. The molecule has 0 saturated heterocycles. The fourth-order valence-electron chi connectivity index (χ4n) is 3.43. The summed E-state index contributed by atoms with van der Waals surface area (Å²) in [5, 5.41) is 0. The van der Waals surface area contributed by atoms with Crippen LogP contribution in [-0.4, -0.2) is 36.0 Å². The van der Waals surface area contributed by atoms with Crippen molar-refractivity contribution in [2.75, 3.05) is 13.2 Å². The molecule has 26 heavy (non-hydrogen) atoms. The summed E-state index contributed by atoms with van der Waals surface area (Å²) in [5.74, 6) is -0.247. The largest absolute Gasteiger partial charge is 0.466 e. The zero-order valence-corrected chi connectivity index (χ0v) is 16.1. The number of aryl methyl sites for hydroxylation is 1. The third-order valence-corrected chi connectivity index (χ3v) is 4.91. The van der Waals surface area contributed by atoms with E-state index in [1.54, 1.807) is 13.0 Å². The van der Waals surface area contributed by atoms with Gasteiger partial charge in [0, 0.05) is 18.7 Å². The second-order valence-corrected chi connectivity index (χ2v) is 6.98. The molecular formula is C22H31NO3. The van der Waals surface area contributed by atoms with Gasteiger partial charge >= 0.3 is 5.97 Å². The molecule has 0 heterocycles. The van der Waals surface area contributed by atoms with Crippen LogP contribution in [0.5, 0.6) is 0 Å². The Labute approximate surface area is 157 Å². The molecule has 0 N–H and O–H groups in total. The quantitative estimate of drug-likeness (QED) is 0.410. The minimum atomic E-state index is -0.235. The first-order chi connectivity index (χ1) is 12.6. The molecule has 1 aliphatic rings. The number of nitrogens with zero attached hydrogens (tertiary/aromatic N) is 1. The van der Waals surface area contributed by atoms with E-state index in [1.165, 1.54) is 18.4 Å². The molecule has 1 fully saturated rings. The van der Waals surface area contributed by atoms with Gasteiger partial charge in [-0.3, -0.25) is 9.59 Å². The van der Waals surface area contributed by atoms with Crippen LogP contribution in [0.2, 0.25) is 0 Å². The Morgan fingerprint density at radius 2 is 1.77 bits per heavy atom. The van der Waals surface area contributed by atoms with Crippen molar-refractivity contribution in [2.24, 2.45) is 0 Å². The van der Waals surface area contributed by atoms with Gasteiger partial charge in [-0.1, -0.05) is 55.5 Å². The van der Waals surface area contributed by atoms with E-state index in [9.17, 15) is 9.59 Å². The predicted molar refractivity (Wildman–Crippen MR) is 105 cm³/mol. The molecule has 1 aromatic rings. The van der Waals surface area contributed by atoms with E-state index in [4.69, 9.17) is 4.74 Å². The summed E-state index contributed by atoms with van der Waals surface area (Å²) >= 11 is 0. The Kier molecular flexibility index (Phi) is 8.39. The van der Waals surface area contributed by atoms with Gasteiger partial charge in [-0.2, -0.15) is 0 Å². The number of hydrogen-bond donors (Lipinski definition) is 0. The van der Waals surface area contributed by atoms with Crippen molar-refractivity contribution in [3.8, 4) is 0 Å². The Morgan fingerprint density at radius 1 is 1.12 bits per heavy atom. The fraction of sp³-hybridized carbons (Fsp3) is 0.545. The SMILES string of the molecule is CCOC(=O)CCN(C(=O)/C=C/c1ccc(C)cc1)C1CCCCCC1. The van der Waals surface area contributed by atoms with Gasteiger partial charge in [-0.15, -0.1) is 0 Å². The molecule has 4 nitrogen and oxygen atoms in total. The summed E-state index contributed by atoms with van der Waals surface area (Å²) in [6.45, 7) is 4.66. The van der Waals surface area contributed by atoms with Gasteiger partial charge in [-0.05, 0) is 38.3 Å². The summed E-state index contributed by atoms with van der Waals surface area (Å²) in [4.78, 5) is 26.5. The first-order valence-electron chi connectivity index (χ1n) is 9.81. The number of esters is 1. The first kappa shape index (κ1) is 20.2. The molecule has 0 radical (unpaired) electrons. The smallest absolute Gasteiger partial charge is 0.307 e. The van der Waals surface area contributed by atoms with Gasteiger partial charge in [0.25, 0.3) is 0 Å². The molecule has 2 rings (SSSR count). The summed E-state index contributed by atoms with van der Waals surface area (Å²) in [6.07, 6.45) is 10.6. The van der Waals surface area contributed by atoms with Crippen LogP contribution >= 0.6 is 0 Å². The molecule has 0 spiro atoms. The number of hydrogen-bond acceptors (Lipinski definition) is 3. The monoisotopic (exact) mass is 357 g/mol. The van der Waals surface area contributed by atoms with Crippen molar-refractivity contribution in [3.05, 3.63) is 41.5 Å². The number of carbonyl (C=O) groups excluding carboxylic acids is 2. The van der Waals surface area contributed by atoms with Crippen LogP contribution in [0.15, 0.2) is 30.3 Å². The Morgan fingerprint density at radius 3 is 2.38 bits per heavy atom. The highest BCUT2D eigenvalue weighted by atomic mass is 16.5. The average Bonchev–Trinajstić information content (AvgIpc) is 2.91. The first-order valence-corrected chi connectivity index (χ1v) is 9.81. The van der Waals surface area contributed by atoms with E-state index in [0.717, 1.165) is 31.2 Å². The van der Waals surface area contributed by atoms with Gasteiger partial charge in [0.2, 0.25) is 5.91 Å². The van der Waals surface area contributed by atoms with Crippen LogP contribution in [0.4, 0.5) is 0 Å². The lowest BCUT2D eigenvalue weighted by Crippen LogP contribution is -2.40. The number of amides is 1. The van der Waals surface area contributed by atoms with Gasteiger partial charge in [0.05, 0.1) is 13.0 Å². The molecule has 0 unspecified atom stereocenters. The zero-order valence-electron chi connectivity index (χ0n) is 16.1. The molecule has 0 aliphatic heterocycles. The lowest BCUT2D eigenvalue weighted by atomic mass is 10.1. The van der Waals surface area contributed by atoms with Gasteiger partial charge < -0.3 is 9.64 Å². The second-order valence-electron chi connectivity index (χ2n) is 6.98.